The minimum atomic E-state index is -0.489. The molecule has 0 aliphatic carbocycles. The van der Waals surface area contributed by atoms with Gasteiger partial charge in [0.25, 0.3) is 0 Å². The van der Waals surface area contributed by atoms with Gasteiger partial charge in [-0.2, -0.15) is 0 Å². The first-order valence-electron chi connectivity index (χ1n) is 5.90. The number of amides is 1. The Bertz CT molecular complexity index is 425. The van der Waals surface area contributed by atoms with Gasteiger partial charge in [0, 0.05) is 13.6 Å². The van der Waals surface area contributed by atoms with Crippen LogP contribution in [0, 0.1) is 5.82 Å². The van der Waals surface area contributed by atoms with Crippen molar-refractivity contribution < 1.29 is 9.18 Å². The molecule has 3 nitrogen and oxygen atoms in total. The second-order valence-corrected chi connectivity index (χ2v) is 4.75. The number of nitrogens with two attached hydrogens (primary N) is 1. The molecule has 0 heterocycles. The van der Waals surface area contributed by atoms with Gasteiger partial charge in [-0.25, -0.2) is 4.39 Å². The van der Waals surface area contributed by atoms with Gasteiger partial charge in [0.15, 0.2) is 0 Å². The Hall–Kier alpha value is -1.13. The highest BCUT2D eigenvalue weighted by Gasteiger charge is 2.17. The summed E-state index contributed by atoms with van der Waals surface area (Å²) in [6, 6.07) is 4.02. The van der Waals surface area contributed by atoms with Crippen LogP contribution in [0.3, 0.4) is 0 Å². The molecule has 0 aromatic heterocycles. The summed E-state index contributed by atoms with van der Waals surface area (Å²) in [5.74, 6) is -0.611. The minimum absolute atomic E-state index is 0.0791. The standard InChI is InChI=1S/C13H18ClFN2O/c1-3-4-12(16)13(18)17(2)8-9-5-6-10(14)11(15)7-9/h5-7,12H,3-4,8,16H2,1-2H3. The first-order valence-corrected chi connectivity index (χ1v) is 6.28. The molecule has 1 rings (SSSR count). The highest BCUT2D eigenvalue weighted by Crippen LogP contribution is 2.16. The summed E-state index contributed by atoms with van der Waals surface area (Å²) in [4.78, 5) is 13.4. The van der Waals surface area contributed by atoms with E-state index < -0.39 is 11.9 Å². The van der Waals surface area contributed by atoms with Crippen molar-refractivity contribution in [1.29, 1.82) is 0 Å². The number of likely N-dealkylation sites (N-methyl/N-ethyl adjacent to an activating group) is 1. The third-order valence-electron chi connectivity index (χ3n) is 2.70. The van der Waals surface area contributed by atoms with Gasteiger partial charge < -0.3 is 10.6 Å². The third-order valence-corrected chi connectivity index (χ3v) is 3.00. The number of halogens is 2. The summed E-state index contributed by atoms with van der Waals surface area (Å²) >= 11 is 5.60. The number of benzene rings is 1. The van der Waals surface area contributed by atoms with E-state index in [1.807, 2.05) is 6.92 Å². The van der Waals surface area contributed by atoms with Crippen LogP contribution in [0.1, 0.15) is 25.3 Å². The van der Waals surface area contributed by atoms with Crippen molar-refractivity contribution in [1.82, 2.24) is 4.90 Å². The van der Waals surface area contributed by atoms with Gasteiger partial charge >= 0.3 is 0 Å². The average molecular weight is 273 g/mol. The molecule has 1 unspecified atom stereocenters. The lowest BCUT2D eigenvalue weighted by Crippen LogP contribution is -2.41. The molecule has 5 heteroatoms. The van der Waals surface area contributed by atoms with Crippen LogP contribution in [0.5, 0.6) is 0 Å². The fraction of sp³-hybridized carbons (Fsp3) is 0.462. The lowest BCUT2D eigenvalue weighted by molar-refractivity contribution is -0.132. The topological polar surface area (TPSA) is 46.3 Å². The van der Waals surface area contributed by atoms with Crippen LogP contribution in [0.4, 0.5) is 4.39 Å². The van der Waals surface area contributed by atoms with Gasteiger partial charge in [0.05, 0.1) is 11.1 Å². The molecule has 0 aliphatic rings. The largest absolute Gasteiger partial charge is 0.340 e. The maximum absolute atomic E-state index is 13.2. The number of rotatable bonds is 5. The second kappa shape index (κ2) is 6.71. The summed E-state index contributed by atoms with van der Waals surface area (Å²) in [7, 11) is 1.66. The van der Waals surface area contributed by atoms with Gasteiger partial charge in [0.1, 0.15) is 5.82 Å². The van der Waals surface area contributed by atoms with E-state index in [2.05, 4.69) is 0 Å². The van der Waals surface area contributed by atoms with Crippen molar-refractivity contribution in [3.63, 3.8) is 0 Å². The van der Waals surface area contributed by atoms with Crippen LogP contribution in [-0.4, -0.2) is 23.9 Å². The van der Waals surface area contributed by atoms with E-state index in [1.165, 1.54) is 17.0 Å². The Morgan fingerprint density at radius 2 is 2.22 bits per heavy atom. The normalized spacial score (nSPS) is 12.3. The Kier molecular flexibility index (Phi) is 5.56. The van der Waals surface area contributed by atoms with Crippen molar-refractivity contribution in [2.24, 2.45) is 5.73 Å². The van der Waals surface area contributed by atoms with Crippen LogP contribution in [0.2, 0.25) is 5.02 Å². The maximum Gasteiger partial charge on any atom is 0.239 e. The lowest BCUT2D eigenvalue weighted by Gasteiger charge is -2.21. The highest BCUT2D eigenvalue weighted by atomic mass is 35.5. The molecule has 18 heavy (non-hydrogen) atoms. The van der Waals surface area contributed by atoms with Crippen LogP contribution in [0.25, 0.3) is 0 Å². The van der Waals surface area contributed by atoms with E-state index in [-0.39, 0.29) is 10.9 Å². The van der Waals surface area contributed by atoms with Gasteiger partial charge in [-0.15, -0.1) is 0 Å². The average Bonchev–Trinajstić information content (AvgIpc) is 2.33. The van der Waals surface area contributed by atoms with Crippen LogP contribution in [-0.2, 0) is 11.3 Å². The number of hydrogen-bond acceptors (Lipinski definition) is 2. The van der Waals surface area contributed by atoms with Crippen molar-refractivity contribution in [2.45, 2.75) is 32.4 Å². The van der Waals surface area contributed by atoms with E-state index in [4.69, 9.17) is 17.3 Å². The molecule has 1 aromatic carbocycles. The molecule has 1 amide bonds. The molecule has 1 aromatic rings. The summed E-state index contributed by atoms with van der Waals surface area (Å²) in [6.07, 6.45) is 1.51. The smallest absolute Gasteiger partial charge is 0.239 e. The molecule has 0 saturated carbocycles. The summed E-state index contributed by atoms with van der Waals surface area (Å²) < 4.78 is 13.2. The number of nitrogens with zero attached hydrogens (tertiary/aromatic N) is 1. The van der Waals surface area contributed by atoms with E-state index in [0.29, 0.717) is 18.5 Å². The zero-order chi connectivity index (χ0) is 13.7. The number of carbonyl (C=O) groups excluding carboxylic acids is 1. The molecule has 100 valence electrons. The predicted molar refractivity (Wildman–Crippen MR) is 70.8 cm³/mol. The number of carbonyl (C=O) groups is 1. The fourth-order valence-corrected chi connectivity index (χ4v) is 1.82. The van der Waals surface area contributed by atoms with Crippen LogP contribution < -0.4 is 5.73 Å². The predicted octanol–water partition coefficient (Wildman–Crippen LogP) is 2.56. The van der Waals surface area contributed by atoms with Gasteiger partial charge in [-0.05, 0) is 24.1 Å². The summed E-state index contributed by atoms with van der Waals surface area (Å²) in [5.41, 5.74) is 6.44. The summed E-state index contributed by atoms with van der Waals surface area (Å²) in [6.45, 7) is 2.30. The molecule has 1 atom stereocenters. The Labute approximate surface area is 112 Å². The van der Waals surface area contributed by atoms with E-state index in [0.717, 1.165) is 6.42 Å². The quantitative estimate of drug-likeness (QED) is 0.895. The third kappa shape index (κ3) is 3.96. The monoisotopic (exact) mass is 272 g/mol. The van der Waals surface area contributed by atoms with Crippen LogP contribution in [0.15, 0.2) is 18.2 Å². The molecule has 0 aliphatic heterocycles. The van der Waals surface area contributed by atoms with Crippen LogP contribution >= 0.6 is 11.6 Å². The van der Waals surface area contributed by atoms with E-state index in [1.54, 1.807) is 13.1 Å². The zero-order valence-electron chi connectivity index (χ0n) is 10.6. The Morgan fingerprint density at radius 1 is 1.56 bits per heavy atom. The van der Waals surface area contributed by atoms with E-state index in [9.17, 15) is 9.18 Å². The van der Waals surface area contributed by atoms with E-state index >= 15 is 0 Å². The molecular weight excluding hydrogens is 255 g/mol. The SMILES string of the molecule is CCCC(N)C(=O)N(C)Cc1ccc(Cl)c(F)c1. The molecular formula is C13H18ClFN2O. The van der Waals surface area contributed by atoms with Gasteiger partial charge in [0.2, 0.25) is 5.91 Å². The number of hydrogen-bond donors (Lipinski definition) is 1. The second-order valence-electron chi connectivity index (χ2n) is 4.34. The zero-order valence-corrected chi connectivity index (χ0v) is 11.4. The molecule has 0 bridgehead atoms. The maximum atomic E-state index is 13.2. The lowest BCUT2D eigenvalue weighted by atomic mass is 10.1. The molecule has 0 saturated heterocycles. The Balaban J connectivity index is 2.66. The van der Waals surface area contributed by atoms with Crippen molar-refractivity contribution in [2.75, 3.05) is 7.05 Å². The van der Waals surface area contributed by atoms with Gasteiger partial charge in [-0.3, -0.25) is 4.79 Å². The van der Waals surface area contributed by atoms with Gasteiger partial charge in [-0.1, -0.05) is 31.0 Å². The fourth-order valence-electron chi connectivity index (χ4n) is 1.71. The summed E-state index contributed by atoms with van der Waals surface area (Å²) in [5, 5.41) is 0.0791. The molecule has 0 spiro atoms. The minimum Gasteiger partial charge on any atom is -0.340 e. The Morgan fingerprint density at radius 3 is 2.78 bits per heavy atom. The van der Waals surface area contributed by atoms with Crippen molar-refractivity contribution in [3.05, 3.63) is 34.6 Å². The molecule has 0 fully saturated rings. The molecule has 2 N–H and O–H groups in total. The first-order chi connectivity index (χ1) is 8.45. The van der Waals surface area contributed by atoms with Crippen molar-refractivity contribution in [3.8, 4) is 0 Å². The molecule has 0 radical (unpaired) electrons. The van der Waals surface area contributed by atoms with Crippen molar-refractivity contribution >= 4 is 17.5 Å². The highest BCUT2D eigenvalue weighted by molar-refractivity contribution is 6.30. The first kappa shape index (κ1) is 14.9.